The first-order valence-electron chi connectivity index (χ1n) is 8.79. The molecule has 0 spiro atoms. The first-order valence-corrected chi connectivity index (χ1v) is 11.5. The molecule has 130 valence electrons. The largest absolute Gasteiger partial charge is 0.299 e. The predicted molar refractivity (Wildman–Crippen MR) is 96.6 cm³/mol. The molecule has 0 radical (unpaired) electrons. The van der Waals surface area contributed by atoms with Crippen molar-refractivity contribution in [2.45, 2.75) is 51.7 Å². The minimum Gasteiger partial charge on any atom is -0.299 e. The fraction of sp³-hybridized carbons (Fsp3) is 0.765. The van der Waals surface area contributed by atoms with Crippen LogP contribution < -0.4 is 0 Å². The average molecular weight is 357 g/mol. The molecule has 3 rings (SSSR count). The number of piperidine rings is 1. The number of thiophene rings is 1. The van der Waals surface area contributed by atoms with Crippen molar-refractivity contribution in [1.29, 1.82) is 0 Å². The van der Waals surface area contributed by atoms with E-state index in [1.807, 2.05) is 11.3 Å². The first-order chi connectivity index (χ1) is 11.1. The summed E-state index contributed by atoms with van der Waals surface area (Å²) in [5.74, 6) is 0.700. The van der Waals surface area contributed by atoms with E-state index in [4.69, 9.17) is 0 Å². The first kappa shape index (κ1) is 17.4. The molecule has 0 aliphatic carbocycles. The highest BCUT2D eigenvalue weighted by atomic mass is 32.2. The topological polar surface area (TPSA) is 40.6 Å². The van der Waals surface area contributed by atoms with Crippen LogP contribution in [0.4, 0.5) is 0 Å². The third-order valence-electron chi connectivity index (χ3n) is 5.05. The molecule has 2 aliphatic heterocycles. The maximum atomic E-state index is 11.7. The van der Waals surface area contributed by atoms with Gasteiger partial charge in [-0.15, -0.1) is 11.3 Å². The zero-order valence-corrected chi connectivity index (χ0v) is 15.7. The SMILES string of the molecule is CCN(Cc1cc(CN2CCCCC2)cs1)[C@@H]1CCS(=O)(=O)C1. The van der Waals surface area contributed by atoms with Crippen molar-refractivity contribution in [3.8, 4) is 0 Å². The van der Waals surface area contributed by atoms with Gasteiger partial charge < -0.3 is 0 Å². The summed E-state index contributed by atoms with van der Waals surface area (Å²) in [5.41, 5.74) is 1.42. The molecule has 2 aliphatic rings. The van der Waals surface area contributed by atoms with E-state index in [2.05, 4.69) is 28.2 Å². The van der Waals surface area contributed by atoms with E-state index in [-0.39, 0.29) is 6.04 Å². The molecule has 2 fully saturated rings. The maximum Gasteiger partial charge on any atom is 0.151 e. The molecular weight excluding hydrogens is 328 g/mol. The second kappa shape index (κ2) is 7.64. The van der Waals surface area contributed by atoms with Crippen LogP contribution >= 0.6 is 11.3 Å². The molecule has 6 heteroatoms. The second-order valence-corrected chi connectivity index (χ2v) is 10.1. The molecule has 0 saturated carbocycles. The molecule has 4 nitrogen and oxygen atoms in total. The number of likely N-dealkylation sites (tertiary alicyclic amines) is 1. The third kappa shape index (κ3) is 4.78. The fourth-order valence-corrected chi connectivity index (χ4v) is 6.40. The number of rotatable bonds is 6. The van der Waals surface area contributed by atoms with Gasteiger partial charge in [0.05, 0.1) is 11.5 Å². The Bertz CT molecular complexity index is 606. The average Bonchev–Trinajstić information content (AvgIpc) is 3.12. The van der Waals surface area contributed by atoms with Crippen molar-refractivity contribution in [2.24, 2.45) is 0 Å². The number of hydrogen-bond acceptors (Lipinski definition) is 5. The van der Waals surface area contributed by atoms with Crippen LogP contribution in [-0.2, 0) is 22.9 Å². The number of hydrogen-bond donors (Lipinski definition) is 0. The number of nitrogens with zero attached hydrogens (tertiary/aromatic N) is 2. The Hall–Kier alpha value is -0.430. The van der Waals surface area contributed by atoms with Crippen molar-refractivity contribution < 1.29 is 8.42 Å². The van der Waals surface area contributed by atoms with E-state index < -0.39 is 9.84 Å². The zero-order chi connectivity index (χ0) is 16.3. The number of sulfone groups is 1. The maximum absolute atomic E-state index is 11.7. The molecule has 0 unspecified atom stereocenters. The zero-order valence-electron chi connectivity index (χ0n) is 14.0. The van der Waals surface area contributed by atoms with Gasteiger partial charge in [0.25, 0.3) is 0 Å². The van der Waals surface area contributed by atoms with Crippen LogP contribution in [-0.4, -0.2) is 55.4 Å². The molecule has 0 N–H and O–H groups in total. The van der Waals surface area contributed by atoms with Gasteiger partial charge in [0.15, 0.2) is 9.84 Å². The Balaban J connectivity index is 1.56. The highest BCUT2D eigenvalue weighted by Gasteiger charge is 2.31. The van der Waals surface area contributed by atoms with Gasteiger partial charge in [-0.2, -0.15) is 0 Å². The predicted octanol–water partition coefficient (Wildman–Crippen LogP) is 2.74. The molecule has 3 heterocycles. The summed E-state index contributed by atoms with van der Waals surface area (Å²) in [5, 5.41) is 2.28. The van der Waals surface area contributed by atoms with Crippen molar-refractivity contribution in [3.63, 3.8) is 0 Å². The van der Waals surface area contributed by atoms with Crippen molar-refractivity contribution in [3.05, 3.63) is 21.9 Å². The van der Waals surface area contributed by atoms with Crippen LogP contribution in [0.5, 0.6) is 0 Å². The molecule has 0 amide bonds. The van der Waals surface area contributed by atoms with Crippen LogP contribution in [0, 0.1) is 0 Å². The Morgan fingerprint density at radius 2 is 2.09 bits per heavy atom. The van der Waals surface area contributed by atoms with E-state index >= 15 is 0 Å². The Morgan fingerprint density at radius 3 is 2.74 bits per heavy atom. The molecule has 1 aromatic heterocycles. The minimum atomic E-state index is -2.80. The highest BCUT2D eigenvalue weighted by molar-refractivity contribution is 7.91. The van der Waals surface area contributed by atoms with E-state index in [1.165, 1.54) is 42.8 Å². The van der Waals surface area contributed by atoms with Crippen molar-refractivity contribution in [1.82, 2.24) is 9.80 Å². The van der Waals surface area contributed by atoms with Crippen molar-refractivity contribution >= 4 is 21.2 Å². The van der Waals surface area contributed by atoms with Gasteiger partial charge in [0, 0.05) is 24.0 Å². The summed E-state index contributed by atoms with van der Waals surface area (Å²) in [4.78, 5) is 6.25. The standard InChI is InChI=1S/C17H28N2O2S2/c1-2-19(16-6-9-23(20,21)14-16)12-17-10-15(13-22-17)11-18-7-4-3-5-8-18/h10,13,16H,2-9,11-12,14H2,1H3/t16-/m1/s1. The molecular formula is C17H28N2O2S2. The Labute approximate surface area is 144 Å². The van der Waals surface area contributed by atoms with E-state index in [9.17, 15) is 8.42 Å². The minimum absolute atomic E-state index is 0.206. The fourth-order valence-electron chi connectivity index (χ4n) is 3.73. The monoisotopic (exact) mass is 356 g/mol. The van der Waals surface area contributed by atoms with Crippen LogP contribution in [0.2, 0.25) is 0 Å². The molecule has 0 aromatic carbocycles. The molecule has 0 bridgehead atoms. The summed E-state index contributed by atoms with van der Waals surface area (Å²) in [6.45, 7) is 7.47. The summed E-state index contributed by atoms with van der Waals surface area (Å²) in [6, 6.07) is 2.53. The van der Waals surface area contributed by atoms with Crippen molar-refractivity contribution in [2.75, 3.05) is 31.1 Å². The third-order valence-corrected chi connectivity index (χ3v) is 7.77. The molecule has 2 saturated heterocycles. The summed E-state index contributed by atoms with van der Waals surface area (Å²) in [7, 11) is -2.80. The van der Waals surface area contributed by atoms with E-state index in [1.54, 1.807) is 0 Å². The van der Waals surface area contributed by atoms with Crippen LogP contribution in [0.25, 0.3) is 0 Å². The van der Waals surface area contributed by atoms with Gasteiger partial charge >= 0.3 is 0 Å². The molecule has 1 atom stereocenters. The van der Waals surface area contributed by atoms with Crippen LogP contribution in [0.3, 0.4) is 0 Å². The lowest BCUT2D eigenvalue weighted by Crippen LogP contribution is -2.35. The van der Waals surface area contributed by atoms with Gasteiger partial charge in [-0.05, 0) is 55.9 Å². The summed E-state index contributed by atoms with van der Waals surface area (Å²) in [6.07, 6.45) is 4.83. The Kier molecular flexibility index (Phi) is 5.78. The summed E-state index contributed by atoms with van der Waals surface area (Å²) < 4.78 is 23.4. The van der Waals surface area contributed by atoms with E-state index in [0.717, 1.165) is 26.1 Å². The van der Waals surface area contributed by atoms with Gasteiger partial charge in [0.2, 0.25) is 0 Å². The Morgan fingerprint density at radius 1 is 1.30 bits per heavy atom. The molecule has 1 aromatic rings. The normalized spacial score (nSPS) is 25.2. The van der Waals surface area contributed by atoms with E-state index in [0.29, 0.717) is 11.5 Å². The lowest BCUT2D eigenvalue weighted by atomic mass is 10.1. The van der Waals surface area contributed by atoms with Crippen LogP contribution in [0.15, 0.2) is 11.4 Å². The van der Waals surface area contributed by atoms with Gasteiger partial charge in [-0.1, -0.05) is 13.3 Å². The lowest BCUT2D eigenvalue weighted by molar-refractivity contribution is 0.215. The van der Waals surface area contributed by atoms with Gasteiger partial charge in [-0.3, -0.25) is 9.80 Å². The highest BCUT2D eigenvalue weighted by Crippen LogP contribution is 2.24. The van der Waals surface area contributed by atoms with Gasteiger partial charge in [0.1, 0.15) is 0 Å². The van der Waals surface area contributed by atoms with Gasteiger partial charge in [-0.25, -0.2) is 8.42 Å². The lowest BCUT2D eigenvalue weighted by Gasteiger charge is -2.26. The second-order valence-electron chi connectivity index (χ2n) is 6.88. The molecule has 23 heavy (non-hydrogen) atoms. The quantitative estimate of drug-likeness (QED) is 0.786. The van der Waals surface area contributed by atoms with Crippen LogP contribution in [0.1, 0.15) is 43.0 Å². The summed E-state index contributed by atoms with van der Waals surface area (Å²) >= 11 is 1.82. The smallest absolute Gasteiger partial charge is 0.151 e.